The van der Waals surface area contributed by atoms with Gasteiger partial charge in [-0.3, -0.25) is 19.2 Å². The number of hydrogen-bond donors (Lipinski definition) is 0. The van der Waals surface area contributed by atoms with Gasteiger partial charge in [-0.1, -0.05) is 36.4 Å². The molecule has 2 rings (SSSR count). The van der Waals surface area contributed by atoms with Crippen LogP contribution in [0.5, 0.6) is 0 Å². The Morgan fingerprint density at radius 3 is 1.11 bits per heavy atom. The Morgan fingerprint density at radius 1 is 0.630 bits per heavy atom. The molecule has 0 atom stereocenters. The second-order valence-corrected chi connectivity index (χ2v) is 8.80. The van der Waals surface area contributed by atoms with Crippen molar-refractivity contribution >= 4 is 44.3 Å². The Kier molecular flexibility index (Phi) is 13.9. The van der Waals surface area contributed by atoms with E-state index in [1.807, 2.05) is 36.4 Å². The molecule has 0 aliphatic carbocycles. The van der Waals surface area contributed by atoms with E-state index in [2.05, 4.69) is 9.88 Å². The van der Waals surface area contributed by atoms with Gasteiger partial charge < -0.3 is 0 Å². The summed E-state index contributed by atoms with van der Waals surface area (Å²) >= 11 is 0.230. The summed E-state index contributed by atoms with van der Waals surface area (Å²) in [4.78, 5) is 41.3. The summed E-state index contributed by atoms with van der Waals surface area (Å²) in [5.41, 5.74) is 1.51. The van der Waals surface area contributed by atoms with Crippen molar-refractivity contribution in [2.75, 3.05) is 0 Å². The van der Waals surface area contributed by atoms with Gasteiger partial charge >= 0.3 is 54.2 Å². The average Bonchev–Trinajstić information content (AvgIpc) is 2.63. The molecule has 142 valence electrons. The summed E-state index contributed by atoms with van der Waals surface area (Å²) < 4.78 is 0. The molecular formula is C22H30O4Sn+4. The summed E-state index contributed by atoms with van der Waals surface area (Å²) in [7, 11) is 0. The van der Waals surface area contributed by atoms with Gasteiger partial charge in [0.1, 0.15) is 0 Å². The van der Waals surface area contributed by atoms with Crippen molar-refractivity contribution in [3.63, 3.8) is 0 Å². The third-order valence-corrected chi connectivity index (χ3v) is 3.06. The summed E-state index contributed by atoms with van der Waals surface area (Å²) in [6, 6.07) is 18.4. The van der Waals surface area contributed by atoms with Gasteiger partial charge in [-0.25, -0.2) is 0 Å². The van der Waals surface area contributed by atoms with E-state index in [1.165, 1.54) is 0 Å². The SMILES string of the molecule is CC(=[OH+])CC(=[OH+])c1ccccc1.CC(=[OH+])CC(=[OH+])c1ccccc1.[CH3][Sn][CH3]. The van der Waals surface area contributed by atoms with Crippen LogP contribution in [0.3, 0.4) is 0 Å². The quantitative estimate of drug-likeness (QED) is 0.262. The van der Waals surface area contributed by atoms with Crippen molar-refractivity contribution in [2.45, 2.75) is 36.6 Å². The van der Waals surface area contributed by atoms with Crippen LogP contribution in [0.25, 0.3) is 0 Å². The number of hydrogen-bond acceptors (Lipinski definition) is 0. The molecule has 0 amide bonds. The zero-order chi connectivity index (χ0) is 20.7. The molecule has 2 aromatic rings. The molecule has 0 bridgehead atoms. The normalized spacial score (nSPS) is 9.04. The molecule has 0 saturated heterocycles. The first-order valence-corrected chi connectivity index (χ1v) is 14.3. The van der Waals surface area contributed by atoms with E-state index < -0.39 is 0 Å². The molecule has 0 aromatic heterocycles. The fourth-order valence-electron chi connectivity index (χ4n) is 1.95. The minimum absolute atomic E-state index is 0.204. The maximum absolute atomic E-state index is 9.43. The van der Waals surface area contributed by atoms with Gasteiger partial charge in [0.15, 0.2) is 12.8 Å². The predicted octanol–water partition coefficient (Wildman–Crippen LogP) is 3.86. The molecule has 0 fully saturated rings. The van der Waals surface area contributed by atoms with Crippen molar-refractivity contribution in [3.05, 3.63) is 71.8 Å². The Hall–Kier alpha value is -2.08. The molecule has 0 heterocycles. The standard InChI is InChI=1S/2C10H10O2.2CH3.Sn/c2*1-8(11)7-10(12)9-5-3-2-4-6-9;;;/h2*2-6H,7H2,1H3;2*1H3;/p+4. The number of rotatable bonds is 6. The Labute approximate surface area is 171 Å². The molecular weight excluding hydrogens is 447 g/mol. The zero-order valence-corrected chi connectivity index (χ0v) is 19.3. The molecule has 0 aliphatic heterocycles. The second kappa shape index (κ2) is 15.0. The van der Waals surface area contributed by atoms with Crippen LogP contribution < -0.4 is 0 Å². The molecule has 4 N–H and O–H groups in total. The fourth-order valence-corrected chi connectivity index (χ4v) is 1.95. The van der Waals surface area contributed by atoms with E-state index in [-0.39, 0.29) is 57.1 Å². The summed E-state index contributed by atoms with van der Waals surface area (Å²) in [6.45, 7) is 3.14. The summed E-state index contributed by atoms with van der Waals surface area (Å²) in [6.07, 6.45) is 0.452. The van der Waals surface area contributed by atoms with Crippen LogP contribution in [0.2, 0.25) is 9.88 Å². The predicted molar refractivity (Wildman–Crippen MR) is 117 cm³/mol. The van der Waals surface area contributed by atoms with E-state index in [4.69, 9.17) is 9.59 Å². The first kappa shape index (κ1) is 24.9. The van der Waals surface area contributed by atoms with E-state index in [0.717, 1.165) is 11.1 Å². The van der Waals surface area contributed by atoms with E-state index in [0.29, 0.717) is 0 Å². The third kappa shape index (κ3) is 12.8. The molecule has 0 saturated carbocycles. The molecule has 27 heavy (non-hydrogen) atoms. The summed E-state index contributed by atoms with van der Waals surface area (Å²) in [5.74, 6) is 0.846. The number of carbonyl (C=O) groups excluding carboxylic acids is 4. The van der Waals surface area contributed by atoms with Crippen molar-refractivity contribution < 1.29 is 19.2 Å². The molecule has 0 spiro atoms. The van der Waals surface area contributed by atoms with Crippen LogP contribution in [0.4, 0.5) is 0 Å². The van der Waals surface area contributed by atoms with Gasteiger partial charge in [-0.15, -0.1) is 0 Å². The van der Waals surface area contributed by atoms with Crippen LogP contribution in [0, 0.1) is 0 Å². The molecule has 2 radical (unpaired) electrons. The maximum atomic E-state index is 9.43. The average molecular weight is 477 g/mol. The van der Waals surface area contributed by atoms with Gasteiger partial charge in [0.2, 0.25) is 0 Å². The van der Waals surface area contributed by atoms with E-state index in [9.17, 15) is 9.59 Å². The first-order valence-electron chi connectivity index (χ1n) is 8.63. The van der Waals surface area contributed by atoms with E-state index in [1.54, 1.807) is 38.1 Å². The molecule has 5 heteroatoms. The van der Waals surface area contributed by atoms with Gasteiger partial charge in [-0.2, -0.15) is 0 Å². The van der Waals surface area contributed by atoms with Crippen LogP contribution in [-0.4, -0.2) is 63.5 Å². The van der Waals surface area contributed by atoms with Crippen LogP contribution in [0.15, 0.2) is 60.7 Å². The van der Waals surface area contributed by atoms with Gasteiger partial charge in [0, 0.05) is 13.8 Å². The molecule has 4 nitrogen and oxygen atoms in total. The van der Waals surface area contributed by atoms with Crippen LogP contribution >= 0.6 is 0 Å². The fraction of sp³-hybridized carbons (Fsp3) is 0.273. The Morgan fingerprint density at radius 2 is 0.889 bits per heavy atom. The van der Waals surface area contributed by atoms with Gasteiger partial charge in [-0.05, 0) is 24.3 Å². The zero-order valence-electron chi connectivity index (χ0n) is 16.5. The van der Waals surface area contributed by atoms with Crippen molar-refractivity contribution in [3.8, 4) is 0 Å². The molecule has 2 aromatic carbocycles. The Balaban J connectivity index is 0.000000438. The molecule has 0 aliphatic rings. The topological polar surface area (TPSA) is 85.6 Å². The molecule has 0 unspecified atom stereocenters. The van der Waals surface area contributed by atoms with E-state index >= 15 is 0 Å². The third-order valence-electron chi connectivity index (χ3n) is 3.06. The van der Waals surface area contributed by atoms with Crippen molar-refractivity contribution in [1.29, 1.82) is 0 Å². The van der Waals surface area contributed by atoms with Crippen LogP contribution in [-0.2, 0) is 0 Å². The second-order valence-electron chi connectivity index (χ2n) is 5.95. The van der Waals surface area contributed by atoms with Crippen molar-refractivity contribution in [1.82, 2.24) is 0 Å². The minimum atomic E-state index is 0.204. The van der Waals surface area contributed by atoms with Crippen LogP contribution in [0.1, 0.15) is 37.8 Å². The Bertz CT molecular complexity index is 661. The summed E-state index contributed by atoms with van der Waals surface area (Å²) in [5, 5.41) is 0. The number of ketones is 4. The van der Waals surface area contributed by atoms with Gasteiger partial charge in [0.05, 0.1) is 11.1 Å². The monoisotopic (exact) mass is 478 g/mol. The van der Waals surface area contributed by atoms with Gasteiger partial charge in [0.25, 0.3) is 0 Å². The first-order chi connectivity index (χ1) is 12.8. The number of benzene rings is 2. The van der Waals surface area contributed by atoms with Crippen molar-refractivity contribution in [2.24, 2.45) is 0 Å².